The van der Waals surface area contributed by atoms with Gasteiger partial charge in [-0.15, -0.1) is 0 Å². The number of benzene rings is 2. The lowest BCUT2D eigenvalue weighted by Gasteiger charge is -2.25. The van der Waals surface area contributed by atoms with Gasteiger partial charge >= 0.3 is 0 Å². The van der Waals surface area contributed by atoms with Gasteiger partial charge in [-0.25, -0.2) is 4.39 Å². The molecule has 0 amide bonds. The lowest BCUT2D eigenvalue weighted by atomic mass is 10.0. The van der Waals surface area contributed by atoms with Crippen molar-refractivity contribution < 1.29 is 4.39 Å². The number of hydrogen-bond acceptors (Lipinski definition) is 2. The van der Waals surface area contributed by atoms with Crippen molar-refractivity contribution in [1.82, 2.24) is 4.90 Å². The molecule has 0 spiro atoms. The van der Waals surface area contributed by atoms with Crippen molar-refractivity contribution in [2.24, 2.45) is 0 Å². The van der Waals surface area contributed by atoms with Gasteiger partial charge in [0.25, 0.3) is 0 Å². The van der Waals surface area contributed by atoms with E-state index in [-0.39, 0.29) is 5.82 Å². The van der Waals surface area contributed by atoms with Crippen LogP contribution in [0, 0.1) is 17.1 Å². The largest absolute Gasteiger partial charge is 0.292 e. The minimum absolute atomic E-state index is 0.190. The first-order valence-electron chi connectivity index (χ1n) is 7.25. The Hall–Kier alpha value is -2.18. The van der Waals surface area contributed by atoms with Crippen LogP contribution in [0.5, 0.6) is 0 Å². The molecule has 1 atom stereocenters. The molecule has 1 fully saturated rings. The molecule has 0 bridgehead atoms. The Morgan fingerprint density at radius 3 is 2.76 bits per heavy atom. The Balaban J connectivity index is 1.78. The quantitative estimate of drug-likeness (QED) is 0.848. The van der Waals surface area contributed by atoms with Gasteiger partial charge in [0.15, 0.2) is 0 Å². The third kappa shape index (κ3) is 3.12. The number of hydrogen-bond donors (Lipinski definition) is 0. The Morgan fingerprint density at radius 1 is 1.19 bits per heavy atom. The van der Waals surface area contributed by atoms with E-state index in [9.17, 15) is 4.39 Å². The van der Waals surface area contributed by atoms with Crippen molar-refractivity contribution in [3.8, 4) is 6.07 Å². The number of nitrogens with zero attached hydrogens (tertiary/aromatic N) is 2. The van der Waals surface area contributed by atoms with E-state index in [2.05, 4.69) is 17.0 Å². The Bertz CT molecular complexity index is 658. The molecule has 1 unspecified atom stereocenters. The third-order valence-electron chi connectivity index (χ3n) is 4.06. The van der Waals surface area contributed by atoms with Crippen molar-refractivity contribution in [1.29, 1.82) is 5.26 Å². The standard InChI is InChI=1S/C18H17FN2/c19-17-8-6-16(7-9-17)18-5-2-10-21(18)13-15-4-1-3-14(11-15)12-20/h1,3-4,6-9,11,18H,2,5,10,13H2. The van der Waals surface area contributed by atoms with Gasteiger partial charge in [-0.2, -0.15) is 5.26 Å². The molecule has 2 nitrogen and oxygen atoms in total. The normalized spacial score (nSPS) is 18.6. The molecule has 106 valence electrons. The lowest BCUT2D eigenvalue weighted by molar-refractivity contribution is 0.248. The van der Waals surface area contributed by atoms with Gasteiger partial charge < -0.3 is 0 Å². The van der Waals surface area contributed by atoms with Gasteiger partial charge in [0.2, 0.25) is 0 Å². The second kappa shape index (κ2) is 6.07. The summed E-state index contributed by atoms with van der Waals surface area (Å²) >= 11 is 0. The van der Waals surface area contributed by atoms with E-state index < -0.39 is 0 Å². The molecule has 2 aromatic rings. The number of rotatable bonds is 3. The van der Waals surface area contributed by atoms with Crippen molar-refractivity contribution >= 4 is 0 Å². The van der Waals surface area contributed by atoms with Crippen LogP contribution in [0.25, 0.3) is 0 Å². The molecule has 0 radical (unpaired) electrons. The van der Waals surface area contributed by atoms with Crippen molar-refractivity contribution in [2.45, 2.75) is 25.4 Å². The molecule has 1 heterocycles. The molecule has 0 N–H and O–H groups in total. The number of likely N-dealkylation sites (tertiary alicyclic amines) is 1. The van der Waals surface area contributed by atoms with Gasteiger partial charge in [-0.1, -0.05) is 24.3 Å². The van der Waals surface area contributed by atoms with E-state index in [0.717, 1.165) is 31.5 Å². The summed E-state index contributed by atoms with van der Waals surface area (Å²) in [5, 5.41) is 8.98. The lowest BCUT2D eigenvalue weighted by Crippen LogP contribution is -2.22. The number of halogens is 1. The first-order chi connectivity index (χ1) is 10.3. The average molecular weight is 280 g/mol. The highest BCUT2D eigenvalue weighted by Gasteiger charge is 2.25. The Morgan fingerprint density at radius 2 is 2.00 bits per heavy atom. The van der Waals surface area contributed by atoms with E-state index in [4.69, 9.17) is 5.26 Å². The summed E-state index contributed by atoms with van der Waals surface area (Å²) in [6, 6.07) is 17.1. The van der Waals surface area contributed by atoms with Crippen molar-refractivity contribution in [3.05, 3.63) is 71.0 Å². The van der Waals surface area contributed by atoms with Crippen LogP contribution in [0.15, 0.2) is 48.5 Å². The predicted molar refractivity (Wildman–Crippen MR) is 79.9 cm³/mol. The highest BCUT2D eigenvalue weighted by Crippen LogP contribution is 2.33. The smallest absolute Gasteiger partial charge is 0.123 e. The summed E-state index contributed by atoms with van der Waals surface area (Å²) in [6.45, 7) is 1.87. The van der Waals surface area contributed by atoms with Gasteiger partial charge in [0.1, 0.15) is 5.82 Å². The van der Waals surface area contributed by atoms with Crippen LogP contribution in [0.3, 0.4) is 0 Å². The van der Waals surface area contributed by atoms with Gasteiger partial charge in [-0.3, -0.25) is 4.90 Å². The van der Waals surface area contributed by atoms with Crippen LogP contribution in [0.1, 0.15) is 35.6 Å². The Labute approximate surface area is 124 Å². The molecule has 0 aliphatic carbocycles. The molecule has 0 saturated carbocycles. The highest BCUT2D eigenvalue weighted by molar-refractivity contribution is 5.33. The second-order valence-corrected chi connectivity index (χ2v) is 5.49. The minimum Gasteiger partial charge on any atom is -0.292 e. The molecule has 3 rings (SSSR count). The Kier molecular flexibility index (Phi) is 3.98. The van der Waals surface area contributed by atoms with E-state index in [1.165, 1.54) is 17.7 Å². The van der Waals surface area contributed by atoms with Crippen LogP contribution in [-0.2, 0) is 6.54 Å². The van der Waals surface area contributed by atoms with E-state index in [1.54, 1.807) is 0 Å². The fraction of sp³-hybridized carbons (Fsp3) is 0.278. The van der Waals surface area contributed by atoms with Crippen LogP contribution < -0.4 is 0 Å². The summed E-state index contributed by atoms with van der Waals surface area (Å²) in [5.74, 6) is -0.190. The minimum atomic E-state index is -0.190. The molecule has 2 aromatic carbocycles. The van der Waals surface area contributed by atoms with Crippen LogP contribution in [0.4, 0.5) is 4.39 Å². The van der Waals surface area contributed by atoms with Gasteiger partial charge in [0.05, 0.1) is 11.6 Å². The maximum absolute atomic E-state index is 13.1. The molecule has 1 aliphatic heterocycles. The molecular formula is C18H17FN2. The SMILES string of the molecule is N#Cc1cccc(CN2CCCC2c2ccc(F)cc2)c1. The molecular weight excluding hydrogens is 263 g/mol. The summed E-state index contributed by atoms with van der Waals surface area (Å²) in [6.07, 6.45) is 2.25. The van der Waals surface area contributed by atoms with Crippen LogP contribution >= 0.6 is 0 Å². The molecule has 1 saturated heterocycles. The van der Waals surface area contributed by atoms with E-state index in [1.807, 2.05) is 30.3 Å². The van der Waals surface area contributed by atoms with E-state index >= 15 is 0 Å². The predicted octanol–water partition coefficient (Wildman–Crippen LogP) is 4.03. The molecule has 0 aromatic heterocycles. The fourth-order valence-electron chi connectivity index (χ4n) is 3.05. The highest BCUT2D eigenvalue weighted by atomic mass is 19.1. The molecule has 3 heteroatoms. The van der Waals surface area contributed by atoms with Gasteiger partial charge in [0, 0.05) is 12.6 Å². The zero-order valence-electron chi connectivity index (χ0n) is 11.8. The maximum Gasteiger partial charge on any atom is 0.123 e. The zero-order chi connectivity index (χ0) is 14.7. The van der Waals surface area contributed by atoms with Crippen LogP contribution in [0.2, 0.25) is 0 Å². The molecule has 1 aliphatic rings. The monoisotopic (exact) mass is 280 g/mol. The van der Waals surface area contributed by atoms with Crippen LogP contribution in [-0.4, -0.2) is 11.4 Å². The zero-order valence-corrected chi connectivity index (χ0v) is 11.8. The van der Waals surface area contributed by atoms with Crippen molar-refractivity contribution in [2.75, 3.05) is 6.54 Å². The fourth-order valence-corrected chi connectivity index (χ4v) is 3.05. The molecule has 21 heavy (non-hydrogen) atoms. The summed E-state index contributed by atoms with van der Waals surface area (Å²) in [5.41, 5.74) is 3.03. The summed E-state index contributed by atoms with van der Waals surface area (Å²) in [7, 11) is 0. The number of nitriles is 1. The van der Waals surface area contributed by atoms with Crippen molar-refractivity contribution in [3.63, 3.8) is 0 Å². The topological polar surface area (TPSA) is 27.0 Å². The summed E-state index contributed by atoms with van der Waals surface area (Å²) in [4.78, 5) is 2.41. The summed E-state index contributed by atoms with van der Waals surface area (Å²) < 4.78 is 13.1. The van der Waals surface area contributed by atoms with Gasteiger partial charge in [-0.05, 0) is 54.8 Å². The average Bonchev–Trinajstić information content (AvgIpc) is 2.96. The maximum atomic E-state index is 13.1. The first kappa shape index (κ1) is 13.8. The first-order valence-corrected chi connectivity index (χ1v) is 7.25. The van der Waals surface area contributed by atoms with E-state index in [0.29, 0.717) is 11.6 Å². The second-order valence-electron chi connectivity index (χ2n) is 5.49. The third-order valence-corrected chi connectivity index (χ3v) is 4.06.